The van der Waals surface area contributed by atoms with Crippen molar-refractivity contribution >= 4 is 22.8 Å². The van der Waals surface area contributed by atoms with Crippen LogP contribution >= 0.6 is 11.6 Å². The predicted molar refractivity (Wildman–Crippen MR) is 69.2 cm³/mol. The summed E-state index contributed by atoms with van der Waals surface area (Å²) in [6, 6.07) is -1.23. The van der Waals surface area contributed by atoms with Gasteiger partial charge in [-0.25, -0.2) is 18.6 Å². The van der Waals surface area contributed by atoms with E-state index in [0.717, 1.165) is 4.57 Å². The molecule has 1 fully saturated rings. The SMILES string of the molecule is Cn1c(=O)n(C2CCNCC2(F)F)c2nc(Cl)ncc21. The predicted octanol–water partition coefficient (Wildman–Crippen LogP) is 0.953. The van der Waals surface area contributed by atoms with E-state index in [-0.39, 0.29) is 17.4 Å². The first-order chi connectivity index (χ1) is 9.42. The molecule has 1 N–H and O–H groups in total. The van der Waals surface area contributed by atoms with E-state index in [0.29, 0.717) is 12.1 Å². The molecule has 0 radical (unpaired) electrons. The molecule has 20 heavy (non-hydrogen) atoms. The molecule has 1 aliphatic rings. The molecule has 1 aliphatic heterocycles. The molecule has 0 aromatic carbocycles. The molecule has 3 rings (SSSR count). The Kier molecular flexibility index (Phi) is 3.02. The van der Waals surface area contributed by atoms with Crippen molar-refractivity contribution in [2.75, 3.05) is 13.1 Å². The van der Waals surface area contributed by atoms with Gasteiger partial charge in [0, 0.05) is 7.05 Å². The number of rotatable bonds is 1. The summed E-state index contributed by atoms with van der Waals surface area (Å²) in [6.45, 7) is -0.0405. The summed E-state index contributed by atoms with van der Waals surface area (Å²) in [5.41, 5.74) is -0.0130. The Morgan fingerprint density at radius 3 is 3.00 bits per heavy atom. The molecular formula is C11H12ClF2N5O. The zero-order valence-corrected chi connectivity index (χ0v) is 11.4. The third kappa shape index (κ3) is 1.90. The number of nitrogens with one attached hydrogen (secondary N) is 1. The van der Waals surface area contributed by atoms with Gasteiger partial charge in [-0.3, -0.25) is 9.13 Å². The quantitative estimate of drug-likeness (QED) is 0.797. The van der Waals surface area contributed by atoms with Crippen molar-refractivity contribution in [1.29, 1.82) is 0 Å². The van der Waals surface area contributed by atoms with Crippen molar-refractivity contribution in [3.8, 4) is 0 Å². The second-order valence-electron chi connectivity index (χ2n) is 4.80. The number of aryl methyl sites for hydroxylation is 1. The Labute approximate surface area is 117 Å². The lowest BCUT2D eigenvalue weighted by Crippen LogP contribution is -2.49. The topological polar surface area (TPSA) is 64.7 Å². The molecular weight excluding hydrogens is 292 g/mol. The van der Waals surface area contributed by atoms with Gasteiger partial charge in [0.25, 0.3) is 5.92 Å². The van der Waals surface area contributed by atoms with Crippen LogP contribution in [0.2, 0.25) is 5.28 Å². The molecule has 9 heteroatoms. The maximum absolute atomic E-state index is 14.1. The fraction of sp³-hybridized carbons (Fsp3) is 0.545. The van der Waals surface area contributed by atoms with E-state index in [1.807, 2.05) is 0 Å². The van der Waals surface area contributed by atoms with Gasteiger partial charge in [-0.1, -0.05) is 0 Å². The smallest absolute Gasteiger partial charge is 0.311 e. The molecule has 0 amide bonds. The van der Waals surface area contributed by atoms with Crippen molar-refractivity contribution < 1.29 is 8.78 Å². The summed E-state index contributed by atoms with van der Waals surface area (Å²) in [6.07, 6.45) is 1.51. The summed E-state index contributed by atoms with van der Waals surface area (Å²) >= 11 is 5.72. The summed E-state index contributed by atoms with van der Waals surface area (Å²) in [4.78, 5) is 20.0. The van der Waals surface area contributed by atoms with Crippen molar-refractivity contribution in [3.63, 3.8) is 0 Å². The van der Waals surface area contributed by atoms with Gasteiger partial charge in [0.15, 0.2) is 5.65 Å². The number of fused-ring (bicyclic) bond motifs is 1. The zero-order chi connectivity index (χ0) is 14.5. The van der Waals surface area contributed by atoms with Gasteiger partial charge in [-0.2, -0.15) is 4.98 Å². The Balaban J connectivity index is 2.27. The molecule has 1 atom stereocenters. The lowest BCUT2D eigenvalue weighted by atomic mass is 10.0. The Bertz CT molecular complexity index is 725. The average molecular weight is 304 g/mol. The second-order valence-corrected chi connectivity index (χ2v) is 5.14. The van der Waals surface area contributed by atoms with Gasteiger partial charge >= 0.3 is 5.69 Å². The number of piperidine rings is 1. The molecule has 6 nitrogen and oxygen atoms in total. The van der Waals surface area contributed by atoms with Gasteiger partial charge in [0.1, 0.15) is 11.6 Å². The first-order valence-electron chi connectivity index (χ1n) is 6.10. The van der Waals surface area contributed by atoms with Crippen LogP contribution < -0.4 is 11.0 Å². The van der Waals surface area contributed by atoms with Crippen molar-refractivity contribution in [2.24, 2.45) is 7.05 Å². The number of aromatic nitrogens is 4. The lowest BCUT2D eigenvalue weighted by Gasteiger charge is -2.32. The molecule has 0 spiro atoms. The van der Waals surface area contributed by atoms with Crippen molar-refractivity contribution in [1.82, 2.24) is 24.4 Å². The maximum Gasteiger partial charge on any atom is 0.330 e. The van der Waals surface area contributed by atoms with Gasteiger partial charge in [0.05, 0.1) is 12.7 Å². The Morgan fingerprint density at radius 2 is 2.30 bits per heavy atom. The first-order valence-corrected chi connectivity index (χ1v) is 6.47. The van der Waals surface area contributed by atoms with Gasteiger partial charge in [0.2, 0.25) is 5.28 Å². The Morgan fingerprint density at radius 1 is 1.55 bits per heavy atom. The van der Waals surface area contributed by atoms with E-state index in [4.69, 9.17) is 11.6 Å². The van der Waals surface area contributed by atoms with Crippen LogP contribution in [0.1, 0.15) is 12.5 Å². The summed E-state index contributed by atoms with van der Waals surface area (Å²) in [7, 11) is 1.50. The highest BCUT2D eigenvalue weighted by molar-refractivity contribution is 6.28. The van der Waals surface area contributed by atoms with Crippen LogP contribution in [0.15, 0.2) is 11.0 Å². The van der Waals surface area contributed by atoms with E-state index < -0.39 is 24.2 Å². The molecule has 108 valence electrons. The molecule has 0 aliphatic carbocycles. The summed E-state index contributed by atoms with van der Waals surface area (Å²) < 4.78 is 30.4. The monoisotopic (exact) mass is 303 g/mol. The highest BCUT2D eigenvalue weighted by atomic mass is 35.5. The standard InChI is InChI=1S/C11H12ClF2N5O/c1-18-6-4-16-9(12)17-8(6)19(10(18)20)7-2-3-15-5-11(7,13)14/h4,7,15H,2-3,5H2,1H3. The number of hydrogen-bond acceptors (Lipinski definition) is 4. The van der Waals surface area contributed by atoms with Crippen LogP contribution in [0.4, 0.5) is 8.78 Å². The maximum atomic E-state index is 14.1. The van der Waals surface area contributed by atoms with Crippen LogP contribution in [0.25, 0.3) is 11.2 Å². The zero-order valence-electron chi connectivity index (χ0n) is 10.6. The van der Waals surface area contributed by atoms with Gasteiger partial charge in [-0.05, 0) is 24.6 Å². The van der Waals surface area contributed by atoms with Crippen molar-refractivity contribution in [2.45, 2.75) is 18.4 Å². The molecule has 2 aromatic rings. The lowest BCUT2D eigenvalue weighted by molar-refractivity contribution is -0.0658. The fourth-order valence-electron chi connectivity index (χ4n) is 2.54. The van der Waals surface area contributed by atoms with Gasteiger partial charge < -0.3 is 5.32 Å². The minimum Gasteiger partial charge on any atom is -0.311 e. The second kappa shape index (κ2) is 4.49. The number of alkyl halides is 2. The number of hydrogen-bond donors (Lipinski definition) is 1. The minimum atomic E-state index is -3.02. The van der Waals surface area contributed by atoms with Crippen LogP contribution in [-0.2, 0) is 7.05 Å². The van der Waals surface area contributed by atoms with Crippen molar-refractivity contribution in [3.05, 3.63) is 22.0 Å². The highest BCUT2D eigenvalue weighted by Gasteiger charge is 2.44. The summed E-state index contributed by atoms with van der Waals surface area (Å²) in [5.74, 6) is -3.02. The number of nitrogens with zero attached hydrogens (tertiary/aromatic N) is 4. The van der Waals surface area contributed by atoms with E-state index in [2.05, 4.69) is 15.3 Å². The number of halogens is 3. The molecule has 1 unspecified atom stereocenters. The van der Waals surface area contributed by atoms with Crippen LogP contribution in [0, 0.1) is 0 Å². The Hall–Kier alpha value is -1.54. The molecule has 3 heterocycles. The normalized spacial score (nSPS) is 22.3. The third-order valence-corrected chi connectivity index (χ3v) is 3.74. The van der Waals surface area contributed by atoms with Gasteiger partial charge in [-0.15, -0.1) is 0 Å². The van der Waals surface area contributed by atoms with E-state index in [9.17, 15) is 13.6 Å². The molecule has 0 saturated carbocycles. The number of imidazole rings is 1. The van der Waals surface area contributed by atoms with Crippen LogP contribution in [0.3, 0.4) is 0 Å². The van der Waals surface area contributed by atoms with E-state index in [1.165, 1.54) is 17.8 Å². The fourth-order valence-corrected chi connectivity index (χ4v) is 2.67. The molecule has 0 bridgehead atoms. The van der Waals surface area contributed by atoms with E-state index >= 15 is 0 Å². The average Bonchev–Trinajstić information content (AvgIpc) is 2.62. The van der Waals surface area contributed by atoms with Crippen LogP contribution in [0.5, 0.6) is 0 Å². The van der Waals surface area contributed by atoms with Crippen LogP contribution in [-0.4, -0.2) is 38.1 Å². The highest BCUT2D eigenvalue weighted by Crippen LogP contribution is 2.34. The summed E-state index contributed by atoms with van der Waals surface area (Å²) in [5, 5.41) is 2.55. The first kappa shape index (κ1) is 13.4. The largest absolute Gasteiger partial charge is 0.330 e. The minimum absolute atomic E-state index is 0.0749. The molecule has 1 saturated heterocycles. The molecule has 2 aromatic heterocycles. The van der Waals surface area contributed by atoms with E-state index in [1.54, 1.807) is 0 Å². The third-order valence-electron chi connectivity index (χ3n) is 3.56.